The number of hydrogen-bond acceptors (Lipinski definition) is 1. The maximum absolute atomic E-state index is 12.4. The van der Waals surface area contributed by atoms with Gasteiger partial charge in [-0.3, -0.25) is 4.79 Å². The molecule has 0 radical (unpaired) electrons. The van der Waals surface area contributed by atoms with Crippen molar-refractivity contribution in [3.8, 4) is 0 Å². The Morgan fingerprint density at radius 1 is 0.958 bits per heavy atom. The minimum Gasteiger partial charge on any atom is -0.352 e. The summed E-state index contributed by atoms with van der Waals surface area (Å²) in [6.45, 7) is 2.62. The molecule has 0 aliphatic rings. The van der Waals surface area contributed by atoms with E-state index in [9.17, 15) is 4.79 Å². The van der Waals surface area contributed by atoms with E-state index in [0.29, 0.717) is 13.0 Å². The van der Waals surface area contributed by atoms with Crippen LogP contribution in [0.2, 0.25) is 0 Å². The van der Waals surface area contributed by atoms with Crippen molar-refractivity contribution in [2.45, 2.75) is 25.9 Å². The fourth-order valence-electron chi connectivity index (χ4n) is 2.78. The molecule has 3 nitrogen and oxygen atoms in total. The SMILES string of the molecule is Cc1ccc(CNC(=O)C[C@@H](c2ccccc2)n2cccc2)cc1. The van der Waals surface area contributed by atoms with Gasteiger partial charge in [0.25, 0.3) is 0 Å². The van der Waals surface area contributed by atoms with Crippen LogP contribution >= 0.6 is 0 Å². The maximum Gasteiger partial charge on any atom is 0.222 e. The number of hydrogen-bond donors (Lipinski definition) is 1. The predicted octanol–water partition coefficient (Wildman–Crippen LogP) is 4.09. The first-order valence-corrected chi connectivity index (χ1v) is 8.22. The van der Waals surface area contributed by atoms with Crippen molar-refractivity contribution in [1.82, 2.24) is 9.88 Å². The van der Waals surface area contributed by atoms with Crippen LogP contribution in [-0.2, 0) is 11.3 Å². The molecule has 0 fully saturated rings. The Labute approximate surface area is 143 Å². The van der Waals surface area contributed by atoms with E-state index in [0.717, 1.165) is 11.1 Å². The van der Waals surface area contributed by atoms with Crippen LogP contribution in [-0.4, -0.2) is 10.5 Å². The minimum atomic E-state index is 0.0132. The normalized spacial score (nSPS) is 11.9. The lowest BCUT2D eigenvalue weighted by Gasteiger charge is -2.19. The van der Waals surface area contributed by atoms with Crippen LogP contribution in [0.15, 0.2) is 79.1 Å². The minimum absolute atomic E-state index is 0.0132. The molecular weight excluding hydrogens is 296 g/mol. The number of carbonyl (C=O) groups excluding carboxylic acids is 1. The molecule has 1 heterocycles. The third-order valence-corrected chi connectivity index (χ3v) is 4.16. The van der Waals surface area contributed by atoms with Crippen molar-refractivity contribution in [2.75, 3.05) is 0 Å². The van der Waals surface area contributed by atoms with Crippen LogP contribution in [0.5, 0.6) is 0 Å². The molecule has 0 saturated carbocycles. The molecule has 122 valence electrons. The zero-order chi connectivity index (χ0) is 16.8. The Morgan fingerprint density at radius 2 is 1.62 bits per heavy atom. The Morgan fingerprint density at radius 3 is 2.29 bits per heavy atom. The number of rotatable bonds is 6. The first-order chi connectivity index (χ1) is 11.7. The average molecular weight is 318 g/mol. The Balaban J connectivity index is 1.66. The highest BCUT2D eigenvalue weighted by Gasteiger charge is 2.16. The predicted molar refractivity (Wildman–Crippen MR) is 96.7 cm³/mol. The van der Waals surface area contributed by atoms with Gasteiger partial charge in [-0.15, -0.1) is 0 Å². The molecule has 0 bridgehead atoms. The number of nitrogens with zero attached hydrogens (tertiary/aromatic N) is 1. The zero-order valence-electron chi connectivity index (χ0n) is 13.9. The highest BCUT2D eigenvalue weighted by atomic mass is 16.1. The van der Waals surface area contributed by atoms with Gasteiger partial charge in [-0.25, -0.2) is 0 Å². The highest BCUT2D eigenvalue weighted by Crippen LogP contribution is 2.22. The number of nitrogens with one attached hydrogen (secondary N) is 1. The number of carbonyl (C=O) groups is 1. The van der Waals surface area contributed by atoms with E-state index in [1.54, 1.807) is 0 Å². The summed E-state index contributed by atoms with van der Waals surface area (Å²) in [4.78, 5) is 12.4. The molecule has 3 aromatic rings. The molecule has 0 aliphatic heterocycles. The average Bonchev–Trinajstić information content (AvgIpc) is 3.14. The van der Waals surface area contributed by atoms with Crippen LogP contribution in [0.3, 0.4) is 0 Å². The van der Waals surface area contributed by atoms with Crippen molar-refractivity contribution in [2.24, 2.45) is 0 Å². The topological polar surface area (TPSA) is 34.0 Å². The first-order valence-electron chi connectivity index (χ1n) is 8.22. The van der Waals surface area contributed by atoms with Crippen LogP contribution in [0.1, 0.15) is 29.2 Å². The standard InChI is InChI=1S/C21H22N2O/c1-17-9-11-18(12-10-17)16-22-21(24)15-20(23-13-5-6-14-23)19-7-3-2-4-8-19/h2-14,20H,15-16H2,1H3,(H,22,24)/t20-/m0/s1. The van der Waals surface area contributed by atoms with Gasteiger partial charge < -0.3 is 9.88 Å². The van der Waals surface area contributed by atoms with E-state index in [1.807, 2.05) is 42.7 Å². The molecule has 1 atom stereocenters. The second kappa shape index (κ2) is 7.64. The maximum atomic E-state index is 12.4. The summed E-state index contributed by atoms with van der Waals surface area (Å²) in [6, 6.07) is 22.4. The summed E-state index contributed by atoms with van der Waals surface area (Å²) in [6.07, 6.45) is 4.43. The van der Waals surface area contributed by atoms with Gasteiger partial charge in [-0.05, 0) is 30.2 Å². The zero-order valence-corrected chi connectivity index (χ0v) is 13.9. The number of benzene rings is 2. The molecule has 3 rings (SSSR count). The van der Waals surface area contributed by atoms with Gasteiger partial charge in [0.15, 0.2) is 0 Å². The van der Waals surface area contributed by atoms with Gasteiger partial charge in [0.05, 0.1) is 12.5 Å². The van der Waals surface area contributed by atoms with Crippen molar-refractivity contribution in [3.05, 3.63) is 95.8 Å². The Hall–Kier alpha value is -2.81. The number of amides is 1. The lowest BCUT2D eigenvalue weighted by Crippen LogP contribution is -2.26. The van der Waals surface area contributed by atoms with E-state index in [-0.39, 0.29) is 11.9 Å². The van der Waals surface area contributed by atoms with Gasteiger partial charge in [0, 0.05) is 18.9 Å². The molecule has 1 amide bonds. The summed E-state index contributed by atoms with van der Waals surface area (Å²) in [5.41, 5.74) is 3.48. The van der Waals surface area contributed by atoms with E-state index >= 15 is 0 Å². The van der Waals surface area contributed by atoms with Crippen molar-refractivity contribution < 1.29 is 4.79 Å². The quantitative estimate of drug-likeness (QED) is 0.729. The van der Waals surface area contributed by atoms with Crippen molar-refractivity contribution in [1.29, 1.82) is 0 Å². The molecule has 1 N–H and O–H groups in total. The summed E-state index contributed by atoms with van der Waals surface area (Å²) >= 11 is 0. The van der Waals surface area contributed by atoms with Crippen LogP contribution in [0.4, 0.5) is 0 Å². The van der Waals surface area contributed by atoms with Crippen molar-refractivity contribution >= 4 is 5.91 Å². The van der Waals surface area contributed by atoms with Gasteiger partial charge in [-0.2, -0.15) is 0 Å². The largest absolute Gasteiger partial charge is 0.352 e. The third kappa shape index (κ3) is 4.13. The fraction of sp³-hybridized carbons (Fsp3) is 0.190. The fourth-order valence-corrected chi connectivity index (χ4v) is 2.78. The van der Waals surface area contributed by atoms with E-state index in [1.165, 1.54) is 5.56 Å². The summed E-state index contributed by atoms with van der Waals surface area (Å²) in [5, 5.41) is 3.03. The Kier molecular flexibility index (Phi) is 5.12. The molecule has 0 saturated heterocycles. The van der Waals surface area contributed by atoms with E-state index in [4.69, 9.17) is 0 Å². The van der Waals surface area contributed by atoms with Crippen LogP contribution < -0.4 is 5.32 Å². The monoisotopic (exact) mass is 318 g/mol. The lowest BCUT2D eigenvalue weighted by molar-refractivity contribution is -0.121. The van der Waals surface area contributed by atoms with Gasteiger partial charge in [0.1, 0.15) is 0 Å². The molecule has 2 aromatic carbocycles. The molecule has 24 heavy (non-hydrogen) atoms. The molecule has 0 unspecified atom stereocenters. The molecule has 3 heteroatoms. The summed E-state index contributed by atoms with van der Waals surface area (Å²) < 4.78 is 2.08. The van der Waals surface area contributed by atoms with Crippen LogP contribution in [0.25, 0.3) is 0 Å². The smallest absolute Gasteiger partial charge is 0.222 e. The highest BCUT2D eigenvalue weighted by molar-refractivity contribution is 5.76. The number of aryl methyl sites for hydroxylation is 1. The van der Waals surface area contributed by atoms with Gasteiger partial charge in [-0.1, -0.05) is 60.2 Å². The lowest BCUT2D eigenvalue weighted by atomic mass is 10.0. The second-order valence-electron chi connectivity index (χ2n) is 6.02. The second-order valence-corrected chi connectivity index (χ2v) is 6.02. The molecule has 1 aromatic heterocycles. The van der Waals surface area contributed by atoms with Gasteiger partial charge in [0.2, 0.25) is 5.91 Å². The number of aromatic nitrogens is 1. The Bertz CT molecular complexity index is 761. The molecular formula is C21H22N2O. The first kappa shape index (κ1) is 16.1. The molecule has 0 spiro atoms. The summed E-state index contributed by atoms with van der Waals surface area (Å²) in [7, 11) is 0. The van der Waals surface area contributed by atoms with Gasteiger partial charge >= 0.3 is 0 Å². The molecule has 0 aliphatic carbocycles. The van der Waals surface area contributed by atoms with Crippen molar-refractivity contribution in [3.63, 3.8) is 0 Å². The van der Waals surface area contributed by atoms with Crippen LogP contribution in [0, 0.1) is 6.92 Å². The van der Waals surface area contributed by atoms with E-state index in [2.05, 4.69) is 53.2 Å². The third-order valence-electron chi connectivity index (χ3n) is 4.16. The van der Waals surface area contributed by atoms with E-state index < -0.39 is 0 Å². The summed E-state index contributed by atoms with van der Waals surface area (Å²) in [5.74, 6) is 0.0538.